The van der Waals surface area contributed by atoms with Gasteiger partial charge in [0.15, 0.2) is 13.9 Å². The SMILES string of the molecule is CC12CCCCC1(C)N(c1nc(-c3cccc([Si](c4ccccc4)(c4ccccc4)c4ccccc4)c3)nc(-n3c4ccccc4c4cnccc43)n1)c1cnccc12. The monoisotopic (exact) mass is 781 g/mol. The lowest BCUT2D eigenvalue weighted by Crippen LogP contribution is -2.74. The van der Waals surface area contributed by atoms with Crippen LogP contribution in [0.4, 0.5) is 11.6 Å². The van der Waals surface area contributed by atoms with Crippen molar-refractivity contribution in [3.05, 3.63) is 182 Å². The molecular formula is C51H43N7Si. The van der Waals surface area contributed by atoms with Crippen molar-refractivity contribution in [1.82, 2.24) is 29.5 Å². The van der Waals surface area contributed by atoms with Gasteiger partial charge in [0.05, 0.1) is 28.5 Å². The zero-order valence-corrected chi connectivity index (χ0v) is 34.2. The van der Waals surface area contributed by atoms with Crippen LogP contribution in [-0.4, -0.2) is 43.1 Å². The molecule has 7 nitrogen and oxygen atoms in total. The van der Waals surface area contributed by atoms with E-state index in [4.69, 9.17) is 19.9 Å². The second-order valence-electron chi connectivity index (χ2n) is 16.5. The van der Waals surface area contributed by atoms with Crippen LogP contribution in [0, 0.1) is 0 Å². The smallest absolute Gasteiger partial charge is 0.240 e. The number of aromatic nitrogens is 6. The number of hydrogen-bond donors (Lipinski definition) is 0. The quantitative estimate of drug-likeness (QED) is 0.119. The van der Waals surface area contributed by atoms with Crippen LogP contribution in [0.15, 0.2) is 176 Å². The summed E-state index contributed by atoms with van der Waals surface area (Å²) in [4.78, 5) is 28.1. The molecule has 2 unspecified atom stereocenters. The van der Waals surface area contributed by atoms with Gasteiger partial charge in [-0.3, -0.25) is 14.5 Å². The minimum absolute atomic E-state index is 0.0961. The first kappa shape index (κ1) is 35.4. The van der Waals surface area contributed by atoms with Gasteiger partial charge >= 0.3 is 0 Å². The number of rotatable bonds is 7. The summed E-state index contributed by atoms with van der Waals surface area (Å²) in [5.41, 5.74) is 4.98. The van der Waals surface area contributed by atoms with Gasteiger partial charge in [-0.1, -0.05) is 153 Å². The first-order valence-electron chi connectivity index (χ1n) is 20.6. The van der Waals surface area contributed by atoms with Gasteiger partial charge in [0.2, 0.25) is 11.9 Å². The number of pyridine rings is 2. The third kappa shape index (κ3) is 5.22. The zero-order chi connectivity index (χ0) is 39.6. The van der Waals surface area contributed by atoms with Crippen molar-refractivity contribution in [2.75, 3.05) is 4.90 Å². The topological polar surface area (TPSA) is 72.6 Å². The molecule has 286 valence electrons. The average Bonchev–Trinajstić information content (AvgIpc) is 3.74. The molecule has 8 heteroatoms. The highest BCUT2D eigenvalue weighted by Gasteiger charge is 2.58. The maximum absolute atomic E-state index is 5.53. The van der Waals surface area contributed by atoms with E-state index < -0.39 is 8.07 Å². The molecule has 0 saturated heterocycles. The molecule has 0 radical (unpaired) electrons. The number of benzene rings is 5. The van der Waals surface area contributed by atoms with Crippen molar-refractivity contribution in [1.29, 1.82) is 0 Å². The number of nitrogens with zero attached hydrogens (tertiary/aromatic N) is 7. The Morgan fingerprint density at radius 2 is 1.12 bits per heavy atom. The first-order chi connectivity index (χ1) is 29.0. The van der Waals surface area contributed by atoms with Crippen LogP contribution < -0.4 is 25.6 Å². The largest absolute Gasteiger partial charge is 0.302 e. The van der Waals surface area contributed by atoms with Gasteiger partial charge in [0, 0.05) is 40.3 Å². The predicted molar refractivity (Wildman–Crippen MR) is 242 cm³/mol. The fourth-order valence-corrected chi connectivity index (χ4v) is 15.4. The van der Waals surface area contributed by atoms with E-state index in [9.17, 15) is 0 Å². The van der Waals surface area contributed by atoms with Crippen molar-refractivity contribution >= 4 is 62.3 Å². The molecule has 1 aliphatic heterocycles. The number of anilines is 2. The summed E-state index contributed by atoms with van der Waals surface area (Å²) in [7, 11) is -2.84. The minimum atomic E-state index is -2.84. The number of hydrogen-bond acceptors (Lipinski definition) is 6. The van der Waals surface area contributed by atoms with Crippen LogP contribution in [0.5, 0.6) is 0 Å². The van der Waals surface area contributed by atoms with Crippen LogP contribution in [0.1, 0.15) is 45.1 Å². The fourth-order valence-electron chi connectivity index (χ4n) is 10.6. The van der Waals surface area contributed by atoms with Gasteiger partial charge in [0.25, 0.3) is 0 Å². The van der Waals surface area contributed by atoms with Crippen molar-refractivity contribution < 1.29 is 0 Å². The molecule has 2 atom stereocenters. The fraction of sp³-hybridized carbons (Fsp3) is 0.157. The maximum atomic E-state index is 5.53. The molecule has 59 heavy (non-hydrogen) atoms. The van der Waals surface area contributed by atoms with Crippen molar-refractivity contribution in [3.63, 3.8) is 0 Å². The van der Waals surface area contributed by atoms with Crippen LogP contribution in [0.2, 0.25) is 0 Å². The highest BCUT2D eigenvalue weighted by Crippen LogP contribution is 2.60. The predicted octanol–water partition coefficient (Wildman–Crippen LogP) is 8.55. The van der Waals surface area contributed by atoms with Crippen molar-refractivity contribution in [2.45, 2.75) is 50.5 Å². The average molecular weight is 782 g/mol. The van der Waals surface area contributed by atoms with Gasteiger partial charge in [0.1, 0.15) is 0 Å². The zero-order valence-electron chi connectivity index (χ0n) is 33.2. The summed E-state index contributed by atoms with van der Waals surface area (Å²) in [6.45, 7) is 4.83. The van der Waals surface area contributed by atoms with E-state index in [2.05, 4.69) is 180 Å². The second-order valence-corrected chi connectivity index (χ2v) is 20.3. The molecule has 0 amide bonds. The van der Waals surface area contributed by atoms with Gasteiger partial charge in [-0.05, 0) is 64.3 Å². The highest BCUT2D eigenvalue weighted by atomic mass is 28.3. The maximum Gasteiger partial charge on any atom is 0.240 e. The molecule has 2 aliphatic rings. The normalized spacial score (nSPS) is 18.8. The van der Waals surface area contributed by atoms with E-state index >= 15 is 0 Å². The molecule has 5 aromatic carbocycles. The Morgan fingerprint density at radius 1 is 0.525 bits per heavy atom. The van der Waals surface area contributed by atoms with Crippen molar-refractivity contribution in [2.24, 2.45) is 0 Å². The molecule has 1 aliphatic carbocycles. The Labute approximate surface area is 345 Å². The number of para-hydroxylation sites is 1. The lowest BCUT2D eigenvalue weighted by Gasteiger charge is -2.49. The molecule has 11 rings (SSSR count). The van der Waals surface area contributed by atoms with Crippen LogP contribution >= 0.6 is 0 Å². The van der Waals surface area contributed by atoms with Gasteiger partial charge in [-0.2, -0.15) is 15.0 Å². The molecule has 1 fully saturated rings. The summed E-state index contributed by atoms with van der Waals surface area (Å²) in [6, 6.07) is 54.9. The molecule has 4 aromatic heterocycles. The first-order valence-corrected chi connectivity index (χ1v) is 22.6. The third-order valence-corrected chi connectivity index (χ3v) is 18.3. The van der Waals surface area contributed by atoms with E-state index in [1.165, 1.54) is 32.7 Å². The van der Waals surface area contributed by atoms with E-state index in [1.807, 2.05) is 24.8 Å². The standard InChI is InChI=1S/C51H43N7Si/c1-50-29-14-15-30-51(50,2)58(46-35-53-31-27-43(46)50)49-55-47(54-48(56-49)57-44-26-13-12-25-41(44)42-34-52-32-28-45(42)57)36-17-16-24-40(33-36)59(37-18-6-3-7-19-37,38-20-8-4-9-21-38)39-22-10-5-11-23-39/h3-13,16-28,31-35H,14-15,29-30H2,1-2H3. The summed E-state index contributed by atoms with van der Waals surface area (Å²) in [6.07, 6.45) is 12.2. The molecule has 1 saturated carbocycles. The summed E-state index contributed by atoms with van der Waals surface area (Å²) < 4.78 is 2.18. The van der Waals surface area contributed by atoms with Crippen LogP contribution in [-0.2, 0) is 5.41 Å². The molecule has 0 spiro atoms. The lowest BCUT2D eigenvalue weighted by molar-refractivity contribution is 0.193. The third-order valence-electron chi connectivity index (χ3n) is 13.6. The lowest BCUT2D eigenvalue weighted by atomic mass is 9.62. The Hall–Kier alpha value is -6.77. The summed E-state index contributed by atoms with van der Waals surface area (Å²) in [5, 5.41) is 7.37. The van der Waals surface area contributed by atoms with Gasteiger partial charge in [-0.25, -0.2) is 0 Å². The Morgan fingerprint density at radius 3 is 1.85 bits per heavy atom. The minimum Gasteiger partial charge on any atom is -0.302 e. The molecule has 0 bridgehead atoms. The van der Waals surface area contributed by atoms with Gasteiger partial charge < -0.3 is 4.90 Å². The van der Waals surface area contributed by atoms with E-state index in [-0.39, 0.29) is 11.0 Å². The van der Waals surface area contributed by atoms with Crippen LogP contribution in [0.25, 0.3) is 39.1 Å². The highest BCUT2D eigenvalue weighted by molar-refractivity contribution is 7.19. The van der Waals surface area contributed by atoms with Crippen LogP contribution in [0.3, 0.4) is 0 Å². The molecule has 9 aromatic rings. The molecular weight excluding hydrogens is 739 g/mol. The summed E-state index contributed by atoms with van der Waals surface area (Å²) in [5.74, 6) is 1.83. The molecule has 5 heterocycles. The molecule has 0 N–H and O–H groups in total. The van der Waals surface area contributed by atoms with Crippen molar-refractivity contribution in [3.8, 4) is 17.3 Å². The van der Waals surface area contributed by atoms with E-state index in [1.54, 1.807) is 0 Å². The number of fused-ring (bicyclic) bond motifs is 6. The van der Waals surface area contributed by atoms with E-state index in [0.717, 1.165) is 52.3 Å². The van der Waals surface area contributed by atoms with Gasteiger partial charge in [-0.15, -0.1) is 0 Å². The summed E-state index contributed by atoms with van der Waals surface area (Å²) >= 11 is 0. The Bertz CT molecular complexity index is 2860. The second kappa shape index (κ2) is 13.7. The Balaban J connectivity index is 1.20. The van der Waals surface area contributed by atoms with E-state index in [0.29, 0.717) is 17.7 Å². The Kier molecular flexibility index (Phi) is 8.20.